The summed E-state index contributed by atoms with van der Waals surface area (Å²) < 4.78 is 0. The van der Waals surface area contributed by atoms with E-state index in [1.165, 1.54) is 0 Å². The Kier molecular flexibility index (Phi) is 5.13. The van der Waals surface area contributed by atoms with Crippen LogP contribution in [0.4, 0.5) is 0 Å². The van der Waals surface area contributed by atoms with Gasteiger partial charge in [-0.25, -0.2) is 0 Å². The summed E-state index contributed by atoms with van der Waals surface area (Å²) in [5.74, 6) is 0.643. The second-order valence-electron chi connectivity index (χ2n) is 5.77. The number of benzene rings is 1. The molecule has 0 bridgehead atoms. The smallest absolute Gasteiger partial charge is 0.0452 e. The quantitative estimate of drug-likeness (QED) is 0.913. The van der Waals surface area contributed by atoms with Crippen molar-refractivity contribution in [3.05, 3.63) is 33.8 Å². The van der Waals surface area contributed by atoms with Gasteiger partial charge >= 0.3 is 0 Å². The van der Waals surface area contributed by atoms with E-state index >= 15 is 0 Å². The normalized spacial score (nSPS) is 24.9. The van der Waals surface area contributed by atoms with Crippen molar-refractivity contribution in [1.82, 2.24) is 10.2 Å². The van der Waals surface area contributed by atoms with Gasteiger partial charge in [0.15, 0.2) is 0 Å². The van der Waals surface area contributed by atoms with Gasteiger partial charge in [-0.05, 0) is 36.6 Å². The van der Waals surface area contributed by atoms with Crippen molar-refractivity contribution >= 4 is 23.2 Å². The Balaban J connectivity index is 2.09. The van der Waals surface area contributed by atoms with Crippen LogP contribution in [0.2, 0.25) is 10.0 Å². The zero-order chi connectivity index (χ0) is 14.0. The van der Waals surface area contributed by atoms with Gasteiger partial charge in [0.25, 0.3) is 0 Å². The molecule has 2 atom stereocenters. The largest absolute Gasteiger partial charge is 0.311 e. The molecule has 1 N–H and O–H groups in total. The first kappa shape index (κ1) is 15.1. The molecule has 1 heterocycles. The minimum absolute atomic E-state index is 0.519. The number of hydrogen-bond acceptors (Lipinski definition) is 2. The Hall–Kier alpha value is -0.280. The maximum Gasteiger partial charge on any atom is 0.0452 e. The molecule has 0 saturated carbocycles. The fourth-order valence-electron chi connectivity index (χ4n) is 2.50. The van der Waals surface area contributed by atoms with Crippen LogP contribution in [0.3, 0.4) is 0 Å². The van der Waals surface area contributed by atoms with E-state index in [-0.39, 0.29) is 0 Å². The van der Waals surface area contributed by atoms with Crippen LogP contribution in [0.5, 0.6) is 0 Å². The van der Waals surface area contributed by atoms with E-state index in [9.17, 15) is 0 Å². The van der Waals surface area contributed by atoms with Crippen molar-refractivity contribution in [3.63, 3.8) is 0 Å². The van der Waals surface area contributed by atoms with Gasteiger partial charge in [-0.3, -0.25) is 4.90 Å². The van der Waals surface area contributed by atoms with Crippen LogP contribution in [0.15, 0.2) is 18.2 Å². The Bertz CT molecular complexity index is 434. The molecule has 2 nitrogen and oxygen atoms in total. The third-order valence-electron chi connectivity index (χ3n) is 3.92. The van der Waals surface area contributed by atoms with E-state index in [4.69, 9.17) is 23.2 Å². The molecule has 1 fully saturated rings. The predicted octanol–water partition coefficient (Wildman–Crippen LogP) is 3.81. The maximum absolute atomic E-state index is 6.26. The van der Waals surface area contributed by atoms with Crippen molar-refractivity contribution in [3.8, 4) is 0 Å². The minimum Gasteiger partial charge on any atom is -0.311 e. The zero-order valence-electron chi connectivity index (χ0n) is 11.8. The lowest BCUT2D eigenvalue weighted by Crippen LogP contribution is -2.56. The van der Waals surface area contributed by atoms with Gasteiger partial charge in [0.2, 0.25) is 0 Å². The van der Waals surface area contributed by atoms with Gasteiger partial charge in [-0.2, -0.15) is 0 Å². The summed E-state index contributed by atoms with van der Waals surface area (Å²) in [4.78, 5) is 2.48. The summed E-state index contributed by atoms with van der Waals surface area (Å²) in [7, 11) is 0. The molecule has 0 aromatic heterocycles. The van der Waals surface area contributed by atoms with Crippen molar-refractivity contribution < 1.29 is 0 Å². The molecule has 1 aromatic carbocycles. The van der Waals surface area contributed by atoms with Crippen LogP contribution in [0.25, 0.3) is 0 Å². The van der Waals surface area contributed by atoms with Crippen LogP contribution in [-0.2, 0) is 6.54 Å². The van der Waals surface area contributed by atoms with Crippen LogP contribution < -0.4 is 5.32 Å². The maximum atomic E-state index is 6.26. The summed E-state index contributed by atoms with van der Waals surface area (Å²) >= 11 is 12.3. The number of halogens is 2. The molecule has 1 aliphatic rings. The van der Waals surface area contributed by atoms with E-state index in [0.717, 1.165) is 35.2 Å². The summed E-state index contributed by atoms with van der Waals surface area (Å²) in [5, 5.41) is 5.16. The van der Waals surface area contributed by atoms with Crippen molar-refractivity contribution in [2.75, 3.05) is 13.1 Å². The van der Waals surface area contributed by atoms with Crippen LogP contribution in [-0.4, -0.2) is 30.1 Å². The fraction of sp³-hybridized carbons (Fsp3) is 0.600. The fourth-order valence-corrected chi connectivity index (χ4v) is 2.87. The number of rotatable bonds is 3. The molecule has 1 aliphatic heterocycles. The highest BCUT2D eigenvalue weighted by Gasteiger charge is 2.26. The summed E-state index contributed by atoms with van der Waals surface area (Å²) in [6.45, 7) is 9.73. The molecule has 19 heavy (non-hydrogen) atoms. The molecular formula is C15H22Cl2N2. The molecule has 0 amide bonds. The first-order chi connectivity index (χ1) is 8.97. The van der Waals surface area contributed by atoms with E-state index in [1.54, 1.807) is 0 Å². The van der Waals surface area contributed by atoms with Gasteiger partial charge in [0.05, 0.1) is 0 Å². The minimum atomic E-state index is 0.519. The monoisotopic (exact) mass is 300 g/mol. The molecule has 1 saturated heterocycles. The first-order valence-corrected chi connectivity index (χ1v) is 7.64. The third kappa shape index (κ3) is 3.85. The van der Waals surface area contributed by atoms with Crippen molar-refractivity contribution in [1.29, 1.82) is 0 Å². The SMILES string of the molecule is CC(C)C1CN(Cc2cc(Cl)ccc2Cl)C(C)CN1. The lowest BCUT2D eigenvalue weighted by Gasteiger charge is -2.40. The van der Waals surface area contributed by atoms with Crippen LogP contribution >= 0.6 is 23.2 Å². The van der Waals surface area contributed by atoms with Gasteiger partial charge in [-0.1, -0.05) is 37.0 Å². The number of hydrogen-bond donors (Lipinski definition) is 1. The standard InChI is InChI=1S/C15H22Cl2N2/c1-10(2)15-9-19(11(3)7-18-15)8-12-6-13(16)4-5-14(12)17/h4-6,10-11,15,18H,7-9H2,1-3H3. The molecule has 1 aromatic rings. The van der Waals surface area contributed by atoms with Gasteiger partial charge < -0.3 is 5.32 Å². The first-order valence-electron chi connectivity index (χ1n) is 6.88. The molecule has 4 heteroatoms. The lowest BCUT2D eigenvalue weighted by molar-refractivity contribution is 0.116. The highest BCUT2D eigenvalue weighted by Crippen LogP contribution is 2.24. The second-order valence-corrected chi connectivity index (χ2v) is 6.62. The van der Waals surface area contributed by atoms with E-state index < -0.39 is 0 Å². The highest BCUT2D eigenvalue weighted by atomic mass is 35.5. The summed E-state index contributed by atoms with van der Waals surface area (Å²) in [6.07, 6.45) is 0. The molecule has 2 rings (SSSR count). The Labute approximate surface area is 126 Å². The summed E-state index contributed by atoms with van der Waals surface area (Å²) in [6, 6.07) is 6.76. The van der Waals surface area contributed by atoms with E-state index in [2.05, 4.69) is 31.0 Å². The number of nitrogens with zero attached hydrogens (tertiary/aromatic N) is 1. The Morgan fingerprint density at radius 3 is 2.79 bits per heavy atom. The average molecular weight is 301 g/mol. The summed E-state index contributed by atoms with van der Waals surface area (Å²) in [5.41, 5.74) is 1.12. The topological polar surface area (TPSA) is 15.3 Å². The van der Waals surface area contributed by atoms with E-state index in [1.807, 2.05) is 18.2 Å². The van der Waals surface area contributed by atoms with E-state index in [0.29, 0.717) is 18.0 Å². The predicted molar refractivity (Wildman–Crippen MR) is 83.0 cm³/mol. The molecule has 0 spiro atoms. The zero-order valence-corrected chi connectivity index (χ0v) is 13.3. The van der Waals surface area contributed by atoms with Gasteiger partial charge in [-0.15, -0.1) is 0 Å². The molecule has 106 valence electrons. The van der Waals surface area contributed by atoms with Gasteiger partial charge in [0.1, 0.15) is 0 Å². The third-order valence-corrected chi connectivity index (χ3v) is 4.52. The molecule has 2 unspecified atom stereocenters. The van der Waals surface area contributed by atoms with Crippen LogP contribution in [0.1, 0.15) is 26.3 Å². The molecular weight excluding hydrogens is 279 g/mol. The number of nitrogens with one attached hydrogen (secondary N) is 1. The highest BCUT2D eigenvalue weighted by molar-refractivity contribution is 6.33. The van der Waals surface area contributed by atoms with Gasteiger partial charge in [0, 0.05) is 41.8 Å². The van der Waals surface area contributed by atoms with Crippen molar-refractivity contribution in [2.24, 2.45) is 5.92 Å². The Morgan fingerprint density at radius 2 is 2.11 bits per heavy atom. The Morgan fingerprint density at radius 1 is 1.37 bits per heavy atom. The second kappa shape index (κ2) is 6.45. The average Bonchev–Trinajstić information content (AvgIpc) is 2.36. The lowest BCUT2D eigenvalue weighted by atomic mass is 9.99. The molecule has 0 radical (unpaired) electrons. The van der Waals surface area contributed by atoms with Crippen LogP contribution in [0, 0.1) is 5.92 Å². The van der Waals surface area contributed by atoms with Crippen molar-refractivity contribution in [2.45, 2.75) is 39.4 Å². The molecule has 0 aliphatic carbocycles. The number of piperazine rings is 1.